The molecule has 6 heterocycles. The summed E-state index contributed by atoms with van der Waals surface area (Å²) in [5, 5.41) is 19.9. The second-order valence-electron chi connectivity index (χ2n) is 17.8. The highest BCUT2D eigenvalue weighted by atomic mass is 16.3. The van der Waals surface area contributed by atoms with Crippen LogP contribution in [0, 0.1) is 11.8 Å². The molecule has 2 atom stereocenters. The number of para-hydroxylation sites is 3. The molecule has 0 N–H and O–H groups in total. The maximum atomic E-state index is 6.28. The van der Waals surface area contributed by atoms with Crippen LogP contribution in [-0.4, -0.2) is 48.4 Å². The molecule has 4 aliphatic rings. The number of hydrogen-bond acceptors (Lipinski definition) is 7. The molecule has 2 unspecified atom stereocenters. The summed E-state index contributed by atoms with van der Waals surface area (Å²) in [5.74, 6) is 6.19. The average Bonchev–Trinajstić information content (AvgIpc) is 4.14. The highest BCUT2D eigenvalue weighted by Crippen LogP contribution is 2.56. The molecule has 12 aromatic rings. The average molecular weight is 805 g/mol. The van der Waals surface area contributed by atoms with Crippen molar-refractivity contribution in [3.63, 3.8) is 0 Å². The number of nitrogens with zero attached hydrogens (tertiary/aromatic N) is 10. The van der Waals surface area contributed by atoms with Gasteiger partial charge >= 0.3 is 0 Å². The van der Waals surface area contributed by atoms with Gasteiger partial charge in [0.2, 0.25) is 0 Å². The maximum absolute atomic E-state index is 6.28. The first-order chi connectivity index (χ1) is 30.6. The monoisotopic (exact) mass is 804 g/mol. The van der Waals surface area contributed by atoms with E-state index in [1.54, 1.807) is 19.1 Å². The predicted molar refractivity (Wildman–Crippen MR) is 240 cm³/mol. The van der Waals surface area contributed by atoms with Crippen LogP contribution in [0.1, 0.15) is 55.1 Å². The Labute approximate surface area is 352 Å². The molecule has 62 heavy (non-hydrogen) atoms. The van der Waals surface area contributed by atoms with E-state index in [9.17, 15) is 0 Å². The molecule has 11 nitrogen and oxygen atoms in total. The highest BCUT2D eigenvalue weighted by Gasteiger charge is 2.42. The van der Waals surface area contributed by atoms with Crippen molar-refractivity contribution in [2.75, 3.05) is 0 Å². The third kappa shape index (κ3) is 4.59. The van der Waals surface area contributed by atoms with E-state index in [2.05, 4.69) is 108 Å². The van der Waals surface area contributed by atoms with Crippen LogP contribution in [0.3, 0.4) is 0 Å². The summed E-state index contributed by atoms with van der Waals surface area (Å²) >= 11 is 0. The molecular formula is C51H36N10O. The van der Waals surface area contributed by atoms with Crippen LogP contribution in [0.25, 0.3) is 101 Å². The molecule has 0 spiro atoms. The first-order valence-electron chi connectivity index (χ1n) is 21.7. The lowest BCUT2D eigenvalue weighted by atomic mass is 9.67. The smallest absolute Gasteiger partial charge is 0.260 e. The molecule has 2 saturated carbocycles. The number of furan rings is 1. The molecule has 0 saturated heterocycles. The first kappa shape index (κ1) is 33.1. The third-order valence-corrected chi connectivity index (χ3v) is 14.3. The van der Waals surface area contributed by atoms with Gasteiger partial charge in [-0.15, -0.1) is 15.3 Å². The third-order valence-electron chi connectivity index (χ3n) is 14.3. The minimum absolute atomic E-state index is 0.492. The largest absolute Gasteiger partial charge is 0.456 e. The van der Waals surface area contributed by atoms with Crippen LogP contribution < -0.4 is 0 Å². The Balaban J connectivity index is 0.934. The van der Waals surface area contributed by atoms with Crippen LogP contribution >= 0.6 is 0 Å². The molecule has 2 fully saturated rings. The fourth-order valence-corrected chi connectivity index (χ4v) is 11.7. The Kier molecular flexibility index (Phi) is 6.41. The second kappa shape index (κ2) is 12.0. The van der Waals surface area contributed by atoms with Gasteiger partial charge in [-0.25, -0.2) is 0 Å². The van der Waals surface area contributed by atoms with Gasteiger partial charge < -0.3 is 8.98 Å². The minimum Gasteiger partial charge on any atom is -0.456 e. The van der Waals surface area contributed by atoms with Gasteiger partial charge in [0.15, 0.2) is 17.5 Å². The predicted octanol–water partition coefficient (Wildman–Crippen LogP) is 11.2. The number of hydrogen-bond donors (Lipinski definition) is 0. The van der Waals surface area contributed by atoms with E-state index in [-0.39, 0.29) is 0 Å². The first-order valence-corrected chi connectivity index (χ1v) is 21.7. The summed E-state index contributed by atoms with van der Waals surface area (Å²) in [4.78, 5) is 15.6. The van der Waals surface area contributed by atoms with Gasteiger partial charge in [0.05, 0.1) is 11.0 Å². The molecule has 0 amide bonds. The quantitative estimate of drug-likeness (QED) is 0.174. The van der Waals surface area contributed by atoms with E-state index >= 15 is 0 Å². The van der Waals surface area contributed by atoms with Crippen molar-refractivity contribution in [1.82, 2.24) is 48.4 Å². The van der Waals surface area contributed by atoms with Gasteiger partial charge in [-0.2, -0.15) is 28.5 Å². The standard InChI is InChI=1S/C51H36N10O/c1-2-8-35(9-3-1)58-42-12-6-4-10-37(42)41-26-31(16-19-43(41)58)47-53-50-59(56-47)49-52-46(30-14-17-36-33-21-28-20-29(22-33)24-34(23-28)40(36)25-30)55-60(49)51-54-48(57-61(50)51)32-15-18-39-38-11-5-7-13-44(38)62-45(39)27-32/h1-19,25-29,33-34H,20-24H2. The molecule has 4 bridgehead atoms. The minimum atomic E-state index is 0.492. The molecular weight excluding hydrogens is 769 g/mol. The van der Waals surface area contributed by atoms with E-state index < -0.39 is 0 Å². The summed E-state index contributed by atoms with van der Waals surface area (Å²) in [5.41, 5.74) is 10.8. The van der Waals surface area contributed by atoms with Crippen LogP contribution in [-0.2, 0) is 0 Å². The summed E-state index contributed by atoms with van der Waals surface area (Å²) in [6, 6.07) is 46.7. The van der Waals surface area contributed by atoms with E-state index in [4.69, 9.17) is 34.7 Å². The van der Waals surface area contributed by atoms with Crippen LogP contribution in [0.15, 0.2) is 138 Å². The van der Waals surface area contributed by atoms with Gasteiger partial charge in [0.25, 0.3) is 17.3 Å². The normalized spacial score (nSPS) is 19.6. The summed E-state index contributed by atoms with van der Waals surface area (Å²) in [6.45, 7) is 0. The summed E-state index contributed by atoms with van der Waals surface area (Å²) in [7, 11) is 0. The van der Waals surface area contributed by atoms with Crippen molar-refractivity contribution in [3.05, 3.63) is 145 Å². The lowest BCUT2D eigenvalue weighted by Gasteiger charge is -2.38. The Morgan fingerprint density at radius 2 is 0.968 bits per heavy atom. The van der Waals surface area contributed by atoms with Gasteiger partial charge in [-0.3, -0.25) is 0 Å². The second-order valence-corrected chi connectivity index (χ2v) is 17.8. The fraction of sp³-hybridized carbons (Fsp3) is 0.176. The SMILES string of the molecule is c1ccc(-n2c3ccccc3c3cc(-c4nc5n6nc(-c7ccc8c(c7)oc7ccccc78)nc6n6nc(-c7ccc8c(c7)C7CC9CC(CC8C9)C7)nc6n5n4)ccc32)cc1. The van der Waals surface area contributed by atoms with E-state index in [1.807, 2.05) is 30.3 Å². The zero-order valence-electron chi connectivity index (χ0n) is 33.4. The van der Waals surface area contributed by atoms with Crippen LogP contribution in [0.5, 0.6) is 0 Å². The summed E-state index contributed by atoms with van der Waals surface area (Å²) < 4.78 is 13.9. The van der Waals surface area contributed by atoms with Crippen molar-refractivity contribution in [1.29, 1.82) is 0 Å². The van der Waals surface area contributed by atoms with Crippen molar-refractivity contribution in [2.24, 2.45) is 11.8 Å². The van der Waals surface area contributed by atoms with Gasteiger partial charge in [-0.1, -0.05) is 72.8 Å². The lowest BCUT2D eigenvalue weighted by molar-refractivity contribution is 0.166. The lowest BCUT2D eigenvalue weighted by Crippen LogP contribution is -2.25. The topological polar surface area (TPSA) is 109 Å². The zero-order chi connectivity index (χ0) is 40.2. The van der Waals surface area contributed by atoms with E-state index in [0.29, 0.717) is 46.6 Å². The van der Waals surface area contributed by atoms with Crippen molar-refractivity contribution in [2.45, 2.75) is 43.9 Å². The van der Waals surface area contributed by atoms with Crippen LogP contribution in [0.4, 0.5) is 0 Å². The molecule has 16 rings (SSSR count). The van der Waals surface area contributed by atoms with Crippen molar-refractivity contribution in [3.8, 4) is 39.9 Å². The molecule has 0 radical (unpaired) electrons. The Morgan fingerprint density at radius 1 is 0.419 bits per heavy atom. The number of fused-ring (bicyclic) bond motifs is 12. The van der Waals surface area contributed by atoms with E-state index in [1.165, 1.54) is 37.7 Å². The van der Waals surface area contributed by atoms with Crippen molar-refractivity contribution < 1.29 is 4.42 Å². The molecule has 11 heteroatoms. The van der Waals surface area contributed by atoms with Gasteiger partial charge in [0.1, 0.15) is 11.2 Å². The number of benzene rings is 6. The Hall–Kier alpha value is -7.66. The van der Waals surface area contributed by atoms with E-state index in [0.717, 1.165) is 78.0 Å². The fourth-order valence-electron chi connectivity index (χ4n) is 11.7. The Morgan fingerprint density at radius 3 is 1.69 bits per heavy atom. The number of rotatable bonds is 4. The Bertz CT molecular complexity index is 3840. The van der Waals surface area contributed by atoms with Crippen LogP contribution in [0.2, 0.25) is 0 Å². The van der Waals surface area contributed by atoms with Crippen molar-refractivity contribution >= 4 is 61.1 Å². The molecule has 0 aliphatic heterocycles. The maximum Gasteiger partial charge on any atom is 0.260 e. The highest BCUT2D eigenvalue weighted by molar-refractivity contribution is 6.10. The zero-order valence-corrected chi connectivity index (χ0v) is 33.4. The molecule has 296 valence electrons. The van der Waals surface area contributed by atoms with Gasteiger partial charge in [0, 0.05) is 43.9 Å². The molecule has 6 aromatic carbocycles. The molecule has 4 aliphatic carbocycles. The molecule has 6 aromatic heterocycles. The van der Waals surface area contributed by atoms with Gasteiger partial charge in [-0.05, 0) is 128 Å². The summed E-state index contributed by atoms with van der Waals surface area (Å²) in [6.07, 6.45) is 6.66. The number of aromatic nitrogens is 10.